The summed E-state index contributed by atoms with van der Waals surface area (Å²) in [4.78, 5) is 11.4. The standard InChI is InChI=1S/C26H24F2N4/c1-31(16-18-3-2-4-22(28)15-18)17-23-9-10-24-30-25(19-5-7-21(27)8-6-19)26(32(23)24)20-11-13-29-14-12-20/h2-8,11-15,23H,9-10,16-17H2,1H3. The molecule has 162 valence electrons. The molecular formula is C26H24F2N4. The number of aryl methyl sites for hydroxylation is 1. The number of fused-ring (bicyclic) bond motifs is 1. The number of likely N-dealkylation sites (N-methyl/N-ethyl adjacent to an activating group) is 1. The Balaban J connectivity index is 1.49. The topological polar surface area (TPSA) is 34.0 Å². The Hall–Kier alpha value is -3.38. The highest BCUT2D eigenvalue weighted by Crippen LogP contribution is 2.39. The van der Waals surface area contributed by atoms with Gasteiger partial charge in [0.15, 0.2) is 0 Å². The molecule has 0 saturated carbocycles. The second kappa shape index (κ2) is 8.63. The summed E-state index contributed by atoms with van der Waals surface area (Å²) in [6, 6.07) is 17.5. The van der Waals surface area contributed by atoms with Crippen molar-refractivity contribution in [3.8, 4) is 22.5 Å². The SMILES string of the molecule is CN(Cc1cccc(F)c1)CC1CCc2nc(-c3ccc(F)cc3)c(-c3ccncc3)n21. The van der Waals surface area contributed by atoms with Gasteiger partial charge in [0.2, 0.25) is 0 Å². The average Bonchev–Trinajstić information content (AvgIpc) is 3.35. The van der Waals surface area contributed by atoms with Crippen LogP contribution >= 0.6 is 0 Å². The number of hydrogen-bond donors (Lipinski definition) is 0. The highest BCUT2D eigenvalue weighted by atomic mass is 19.1. The van der Waals surface area contributed by atoms with Gasteiger partial charge in [0.25, 0.3) is 0 Å². The lowest BCUT2D eigenvalue weighted by molar-refractivity contribution is 0.274. The molecule has 2 aromatic carbocycles. The molecular weight excluding hydrogens is 406 g/mol. The van der Waals surface area contributed by atoms with Crippen LogP contribution in [0.5, 0.6) is 0 Å². The van der Waals surface area contributed by atoms with E-state index in [9.17, 15) is 8.78 Å². The summed E-state index contributed by atoms with van der Waals surface area (Å²) >= 11 is 0. The predicted molar refractivity (Wildman–Crippen MR) is 121 cm³/mol. The maximum atomic E-state index is 13.6. The van der Waals surface area contributed by atoms with E-state index in [0.717, 1.165) is 53.3 Å². The number of imidazole rings is 1. The van der Waals surface area contributed by atoms with Crippen molar-refractivity contribution in [2.45, 2.75) is 25.4 Å². The molecule has 6 heteroatoms. The van der Waals surface area contributed by atoms with E-state index < -0.39 is 0 Å². The molecule has 1 unspecified atom stereocenters. The lowest BCUT2D eigenvalue weighted by atomic mass is 10.0. The third-order valence-electron chi connectivity index (χ3n) is 5.99. The molecule has 1 aliphatic heterocycles. The average molecular weight is 431 g/mol. The van der Waals surface area contributed by atoms with Crippen LogP contribution in [0.25, 0.3) is 22.5 Å². The second-order valence-corrected chi connectivity index (χ2v) is 8.36. The van der Waals surface area contributed by atoms with Crippen LogP contribution in [0.2, 0.25) is 0 Å². The van der Waals surface area contributed by atoms with E-state index in [1.165, 1.54) is 18.2 Å². The van der Waals surface area contributed by atoms with Gasteiger partial charge in [-0.3, -0.25) is 4.98 Å². The van der Waals surface area contributed by atoms with Crippen molar-refractivity contribution in [3.63, 3.8) is 0 Å². The first kappa shape index (κ1) is 20.5. The molecule has 0 amide bonds. The normalized spacial score (nSPS) is 15.3. The third kappa shape index (κ3) is 4.06. The number of aromatic nitrogens is 3. The van der Waals surface area contributed by atoms with E-state index in [4.69, 9.17) is 4.98 Å². The van der Waals surface area contributed by atoms with Crippen molar-refractivity contribution in [2.24, 2.45) is 0 Å². The highest BCUT2D eigenvalue weighted by Gasteiger charge is 2.30. The molecule has 0 bridgehead atoms. The molecule has 32 heavy (non-hydrogen) atoms. The summed E-state index contributed by atoms with van der Waals surface area (Å²) in [5.41, 5.74) is 4.79. The van der Waals surface area contributed by atoms with Crippen molar-refractivity contribution in [2.75, 3.05) is 13.6 Å². The Labute approximate surface area is 186 Å². The fraction of sp³-hybridized carbons (Fsp3) is 0.231. The molecule has 4 nitrogen and oxygen atoms in total. The summed E-state index contributed by atoms with van der Waals surface area (Å²) in [6.45, 7) is 1.49. The summed E-state index contributed by atoms with van der Waals surface area (Å²) in [5, 5.41) is 0. The fourth-order valence-corrected chi connectivity index (χ4v) is 4.61. The fourth-order valence-electron chi connectivity index (χ4n) is 4.61. The highest BCUT2D eigenvalue weighted by molar-refractivity contribution is 5.79. The largest absolute Gasteiger partial charge is 0.323 e. The Morgan fingerprint density at radius 2 is 1.75 bits per heavy atom. The van der Waals surface area contributed by atoms with Crippen LogP contribution in [-0.2, 0) is 13.0 Å². The molecule has 5 rings (SSSR count). The van der Waals surface area contributed by atoms with Crippen LogP contribution < -0.4 is 0 Å². The zero-order valence-corrected chi connectivity index (χ0v) is 17.9. The molecule has 0 fully saturated rings. The lowest BCUT2D eigenvalue weighted by Crippen LogP contribution is -2.26. The van der Waals surface area contributed by atoms with Gasteiger partial charge >= 0.3 is 0 Å². The zero-order valence-electron chi connectivity index (χ0n) is 17.9. The number of nitrogens with zero attached hydrogens (tertiary/aromatic N) is 4. The Bertz CT molecular complexity index is 1220. The van der Waals surface area contributed by atoms with E-state index in [-0.39, 0.29) is 17.7 Å². The summed E-state index contributed by atoms with van der Waals surface area (Å²) in [7, 11) is 2.06. The molecule has 0 saturated heterocycles. The first-order valence-corrected chi connectivity index (χ1v) is 10.8. The van der Waals surface area contributed by atoms with Gasteiger partial charge in [-0.05, 0) is 67.6 Å². The van der Waals surface area contributed by atoms with E-state index >= 15 is 0 Å². The number of halogens is 2. The van der Waals surface area contributed by atoms with Gasteiger partial charge < -0.3 is 9.47 Å². The minimum atomic E-state index is -0.261. The maximum Gasteiger partial charge on any atom is 0.123 e. The quantitative estimate of drug-likeness (QED) is 0.405. The van der Waals surface area contributed by atoms with Crippen molar-refractivity contribution < 1.29 is 8.78 Å². The molecule has 3 heterocycles. The molecule has 2 aromatic heterocycles. The number of pyridine rings is 1. The molecule has 4 aromatic rings. The number of rotatable bonds is 6. The minimum absolute atomic E-state index is 0.211. The first-order chi connectivity index (χ1) is 15.6. The van der Waals surface area contributed by atoms with Gasteiger partial charge in [0, 0.05) is 49.1 Å². The Morgan fingerprint density at radius 1 is 0.969 bits per heavy atom. The van der Waals surface area contributed by atoms with Gasteiger partial charge in [-0.25, -0.2) is 13.8 Å². The number of hydrogen-bond acceptors (Lipinski definition) is 3. The molecule has 0 radical (unpaired) electrons. The van der Waals surface area contributed by atoms with Gasteiger partial charge in [0.05, 0.1) is 11.4 Å². The lowest BCUT2D eigenvalue weighted by Gasteiger charge is -2.24. The van der Waals surface area contributed by atoms with E-state index in [0.29, 0.717) is 6.54 Å². The van der Waals surface area contributed by atoms with E-state index in [1.54, 1.807) is 36.7 Å². The minimum Gasteiger partial charge on any atom is -0.323 e. The zero-order chi connectivity index (χ0) is 22.1. The molecule has 1 atom stereocenters. The van der Waals surface area contributed by atoms with Crippen LogP contribution in [0.4, 0.5) is 8.78 Å². The van der Waals surface area contributed by atoms with Crippen molar-refractivity contribution in [1.82, 2.24) is 19.4 Å². The Kier molecular flexibility index (Phi) is 5.53. The second-order valence-electron chi connectivity index (χ2n) is 8.36. The van der Waals surface area contributed by atoms with Crippen molar-refractivity contribution >= 4 is 0 Å². The summed E-state index contributed by atoms with van der Waals surface area (Å²) < 4.78 is 29.5. The summed E-state index contributed by atoms with van der Waals surface area (Å²) in [5.74, 6) is 0.570. The van der Waals surface area contributed by atoms with Crippen LogP contribution in [0.3, 0.4) is 0 Å². The van der Waals surface area contributed by atoms with Gasteiger partial charge in [-0.2, -0.15) is 0 Å². The van der Waals surface area contributed by atoms with Crippen LogP contribution in [0, 0.1) is 11.6 Å². The van der Waals surface area contributed by atoms with Crippen LogP contribution in [0.15, 0.2) is 73.1 Å². The predicted octanol–water partition coefficient (Wildman–Crippen LogP) is 5.51. The van der Waals surface area contributed by atoms with Gasteiger partial charge in [-0.1, -0.05) is 12.1 Å². The molecule has 0 N–H and O–H groups in total. The van der Waals surface area contributed by atoms with Crippen molar-refractivity contribution in [1.29, 1.82) is 0 Å². The molecule has 0 spiro atoms. The summed E-state index contributed by atoms with van der Waals surface area (Å²) in [6.07, 6.45) is 5.45. The van der Waals surface area contributed by atoms with Crippen LogP contribution in [-0.4, -0.2) is 33.0 Å². The first-order valence-electron chi connectivity index (χ1n) is 10.8. The monoisotopic (exact) mass is 430 g/mol. The number of benzene rings is 2. The van der Waals surface area contributed by atoms with Gasteiger partial charge in [0.1, 0.15) is 17.5 Å². The molecule has 0 aliphatic carbocycles. The maximum absolute atomic E-state index is 13.6. The van der Waals surface area contributed by atoms with E-state index in [2.05, 4.69) is 21.5 Å². The van der Waals surface area contributed by atoms with Crippen molar-refractivity contribution in [3.05, 3.63) is 96.1 Å². The van der Waals surface area contributed by atoms with E-state index in [1.807, 2.05) is 18.2 Å². The van der Waals surface area contributed by atoms with Gasteiger partial charge in [-0.15, -0.1) is 0 Å². The third-order valence-corrected chi connectivity index (χ3v) is 5.99. The molecule has 1 aliphatic rings. The Morgan fingerprint density at radius 3 is 2.50 bits per heavy atom. The van der Waals surface area contributed by atoms with Crippen LogP contribution in [0.1, 0.15) is 23.9 Å². The smallest absolute Gasteiger partial charge is 0.123 e.